The molecule has 0 unspecified atom stereocenters. The summed E-state index contributed by atoms with van der Waals surface area (Å²) in [6, 6.07) is 14.8. The molecule has 0 amide bonds. The minimum atomic E-state index is -3.61. The van der Waals surface area contributed by atoms with Crippen LogP contribution < -0.4 is 4.74 Å². The normalized spacial score (nSPS) is 24.4. The van der Waals surface area contributed by atoms with Crippen molar-refractivity contribution in [1.29, 1.82) is 0 Å². The Balaban J connectivity index is 1.61. The van der Waals surface area contributed by atoms with E-state index < -0.39 is 10.0 Å². The van der Waals surface area contributed by atoms with Gasteiger partial charge in [-0.15, -0.1) is 0 Å². The van der Waals surface area contributed by atoms with Crippen LogP contribution in [0, 0.1) is 5.92 Å². The van der Waals surface area contributed by atoms with Crippen LogP contribution in [0.15, 0.2) is 53.4 Å². The molecule has 2 heterocycles. The number of benzene rings is 2. The standard InChI is InChI=1S/C23H29ClN2O3S/c1-17(2)15-26-20-11-13-25(16-18-7-9-19(24)10-8-18)14-12-21(20)29-22-5-3-4-6-23(22)30(26,27)28/h3-10,17,20-21H,11-16H2,1-2H3/t20-,21-/m1/s1. The molecule has 2 aromatic carbocycles. The molecule has 2 aliphatic rings. The third kappa shape index (κ3) is 4.52. The van der Waals surface area contributed by atoms with Crippen LogP contribution in [-0.4, -0.2) is 49.4 Å². The number of sulfonamides is 1. The number of hydrogen-bond acceptors (Lipinski definition) is 4. The van der Waals surface area contributed by atoms with Crippen LogP contribution in [0.25, 0.3) is 0 Å². The van der Waals surface area contributed by atoms with E-state index in [4.69, 9.17) is 16.3 Å². The Morgan fingerprint density at radius 2 is 1.77 bits per heavy atom. The maximum absolute atomic E-state index is 13.6. The molecular formula is C23H29ClN2O3S. The molecule has 2 aromatic rings. The molecule has 0 saturated carbocycles. The number of likely N-dealkylation sites (tertiary alicyclic amines) is 1. The van der Waals surface area contributed by atoms with E-state index in [0.717, 1.165) is 37.5 Å². The first kappa shape index (κ1) is 21.6. The molecule has 7 heteroatoms. The minimum absolute atomic E-state index is 0.155. The summed E-state index contributed by atoms with van der Waals surface area (Å²) >= 11 is 6.01. The Morgan fingerprint density at radius 1 is 1.07 bits per heavy atom. The molecular weight excluding hydrogens is 420 g/mol. The molecule has 0 spiro atoms. The third-order valence-electron chi connectivity index (χ3n) is 5.85. The second-order valence-corrected chi connectivity index (χ2v) is 10.9. The second-order valence-electron chi connectivity index (χ2n) is 8.62. The number of halogens is 1. The van der Waals surface area contributed by atoms with Gasteiger partial charge in [0, 0.05) is 31.2 Å². The zero-order chi connectivity index (χ0) is 21.3. The van der Waals surface area contributed by atoms with Gasteiger partial charge >= 0.3 is 0 Å². The molecule has 0 radical (unpaired) electrons. The van der Waals surface area contributed by atoms with Crippen molar-refractivity contribution in [3.05, 3.63) is 59.1 Å². The van der Waals surface area contributed by atoms with Gasteiger partial charge in [0.2, 0.25) is 10.0 Å². The lowest BCUT2D eigenvalue weighted by Crippen LogP contribution is -2.48. The molecule has 0 bridgehead atoms. The van der Waals surface area contributed by atoms with Crippen LogP contribution >= 0.6 is 11.6 Å². The fraction of sp³-hybridized carbons (Fsp3) is 0.478. The van der Waals surface area contributed by atoms with Gasteiger partial charge < -0.3 is 4.74 Å². The molecule has 30 heavy (non-hydrogen) atoms. The number of rotatable bonds is 4. The van der Waals surface area contributed by atoms with Gasteiger partial charge in [-0.25, -0.2) is 8.42 Å². The highest BCUT2D eigenvalue weighted by Gasteiger charge is 2.43. The van der Waals surface area contributed by atoms with E-state index in [1.54, 1.807) is 22.5 Å². The van der Waals surface area contributed by atoms with Gasteiger partial charge in [0.25, 0.3) is 0 Å². The van der Waals surface area contributed by atoms with Gasteiger partial charge in [0.15, 0.2) is 0 Å². The molecule has 2 atom stereocenters. The van der Waals surface area contributed by atoms with Crippen molar-refractivity contribution in [2.75, 3.05) is 19.6 Å². The minimum Gasteiger partial charge on any atom is -0.487 e. The number of hydrogen-bond donors (Lipinski definition) is 0. The molecule has 162 valence electrons. The SMILES string of the molecule is CC(C)CN1[C@@H]2CCN(Cc3ccc(Cl)cc3)CC[C@H]2Oc2ccccc2S1(=O)=O. The number of nitrogens with zero attached hydrogens (tertiary/aromatic N) is 2. The zero-order valence-electron chi connectivity index (χ0n) is 17.5. The van der Waals surface area contributed by atoms with Crippen LogP contribution in [0.3, 0.4) is 0 Å². The molecule has 0 aliphatic carbocycles. The highest BCUT2D eigenvalue weighted by atomic mass is 35.5. The van der Waals surface area contributed by atoms with Crippen molar-refractivity contribution < 1.29 is 13.2 Å². The molecule has 0 N–H and O–H groups in total. The van der Waals surface area contributed by atoms with Crippen LogP contribution in [0.1, 0.15) is 32.3 Å². The third-order valence-corrected chi connectivity index (χ3v) is 8.03. The lowest BCUT2D eigenvalue weighted by molar-refractivity contribution is 0.108. The number of para-hydroxylation sites is 1. The van der Waals surface area contributed by atoms with Gasteiger partial charge in [-0.3, -0.25) is 4.90 Å². The summed E-state index contributed by atoms with van der Waals surface area (Å²) in [7, 11) is -3.61. The van der Waals surface area contributed by atoms with Gasteiger partial charge in [0.1, 0.15) is 16.7 Å². The van der Waals surface area contributed by atoms with E-state index >= 15 is 0 Å². The predicted octanol–water partition coefficient (Wildman–Crippen LogP) is 4.41. The Bertz CT molecular complexity index is 978. The first-order chi connectivity index (χ1) is 14.3. The summed E-state index contributed by atoms with van der Waals surface area (Å²) in [6.45, 7) is 7.13. The van der Waals surface area contributed by atoms with E-state index in [1.807, 2.05) is 30.3 Å². The van der Waals surface area contributed by atoms with E-state index in [0.29, 0.717) is 12.3 Å². The quantitative estimate of drug-likeness (QED) is 0.695. The average Bonchev–Trinajstić information content (AvgIpc) is 2.94. The van der Waals surface area contributed by atoms with Crippen LogP contribution in [0.4, 0.5) is 0 Å². The molecule has 1 fully saturated rings. The lowest BCUT2D eigenvalue weighted by atomic mass is 10.0. The van der Waals surface area contributed by atoms with Gasteiger partial charge in [-0.2, -0.15) is 4.31 Å². The summed E-state index contributed by atoms with van der Waals surface area (Å²) < 4.78 is 35.1. The summed E-state index contributed by atoms with van der Waals surface area (Å²) in [5, 5.41) is 0.735. The Hall–Kier alpha value is -1.60. The number of fused-ring (bicyclic) bond motifs is 2. The molecule has 1 saturated heterocycles. The van der Waals surface area contributed by atoms with E-state index in [1.165, 1.54) is 5.56 Å². The first-order valence-electron chi connectivity index (χ1n) is 10.6. The first-order valence-corrected chi connectivity index (χ1v) is 12.4. The predicted molar refractivity (Wildman–Crippen MR) is 119 cm³/mol. The summed E-state index contributed by atoms with van der Waals surface area (Å²) in [4.78, 5) is 2.67. The lowest BCUT2D eigenvalue weighted by Gasteiger charge is -2.32. The molecule has 0 aromatic heterocycles. The van der Waals surface area contributed by atoms with Crippen molar-refractivity contribution in [2.45, 2.75) is 50.3 Å². The highest BCUT2D eigenvalue weighted by Crippen LogP contribution is 2.37. The largest absolute Gasteiger partial charge is 0.487 e. The summed E-state index contributed by atoms with van der Waals surface area (Å²) in [5.41, 5.74) is 1.21. The van der Waals surface area contributed by atoms with E-state index in [9.17, 15) is 8.42 Å². The molecule has 4 rings (SSSR count). The van der Waals surface area contributed by atoms with Crippen LogP contribution in [0.2, 0.25) is 5.02 Å². The topological polar surface area (TPSA) is 49.9 Å². The van der Waals surface area contributed by atoms with Gasteiger partial charge in [-0.1, -0.05) is 49.7 Å². The molecule has 2 aliphatic heterocycles. The van der Waals surface area contributed by atoms with Crippen molar-refractivity contribution >= 4 is 21.6 Å². The van der Waals surface area contributed by atoms with Gasteiger partial charge in [0.05, 0.1) is 6.04 Å². The molecule has 5 nitrogen and oxygen atoms in total. The van der Waals surface area contributed by atoms with Crippen molar-refractivity contribution in [3.8, 4) is 5.75 Å². The zero-order valence-corrected chi connectivity index (χ0v) is 19.1. The van der Waals surface area contributed by atoms with Gasteiger partial charge in [-0.05, 0) is 48.6 Å². The van der Waals surface area contributed by atoms with Crippen LogP contribution in [-0.2, 0) is 16.6 Å². The summed E-state index contributed by atoms with van der Waals surface area (Å²) in [6.07, 6.45) is 1.38. The van der Waals surface area contributed by atoms with E-state index in [-0.39, 0.29) is 23.0 Å². The highest BCUT2D eigenvalue weighted by molar-refractivity contribution is 7.89. The van der Waals surface area contributed by atoms with E-state index in [2.05, 4.69) is 18.7 Å². The Kier molecular flexibility index (Phi) is 6.39. The maximum Gasteiger partial charge on any atom is 0.247 e. The van der Waals surface area contributed by atoms with Crippen molar-refractivity contribution in [1.82, 2.24) is 9.21 Å². The summed E-state index contributed by atoms with van der Waals surface area (Å²) in [5.74, 6) is 0.712. The van der Waals surface area contributed by atoms with Crippen LogP contribution in [0.5, 0.6) is 5.75 Å². The Labute approximate surface area is 184 Å². The fourth-order valence-electron chi connectivity index (χ4n) is 4.41. The fourth-order valence-corrected chi connectivity index (χ4v) is 6.50. The monoisotopic (exact) mass is 448 g/mol. The Morgan fingerprint density at radius 3 is 2.50 bits per heavy atom. The van der Waals surface area contributed by atoms with Crippen molar-refractivity contribution in [3.63, 3.8) is 0 Å². The van der Waals surface area contributed by atoms with Crippen molar-refractivity contribution in [2.24, 2.45) is 5.92 Å². The average molecular weight is 449 g/mol. The number of ether oxygens (including phenoxy) is 1. The second kappa shape index (κ2) is 8.87. The smallest absolute Gasteiger partial charge is 0.247 e. The maximum atomic E-state index is 13.6.